The van der Waals surface area contributed by atoms with Crippen LogP contribution in [0.3, 0.4) is 0 Å². The van der Waals surface area contributed by atoms with Crippen molar-refractivity contribution in [3.8, 4) is 0 Å². The van der Waals surface area contributed by atoms with Crippen LogP contribution in [0.25, 0.3) is 0 Å². The molecule has 2 rings (SSSR count). The second-order valence-electron chi connectivity index (χ2n) is 5.65. The van der Waals surface area contributed by atoms with E-state index in [0.29, 0.717) is 6.04 Å². The van der Waals surface area contributed by atoms with Gasteiger partial charge in [0.2, 0.25) is 0 Å². The summed E-state index contributed by atoms with van der Waals surface area (Å²) in [5, 5.41) is 0. The van der Waals surface area contributed by atoms with Crippen LogP contribution in [-0.2, 0) is 6.42 Å². The maximum Gasteiger partial charge on any atom is 0.0564 e. The SMILES string of the molecule is CCc1ccc(C(CN)N2CCCC(CC)CC2)s1. The fourth-order valence-corrected chi connectivity index (χ4v) is 4.22. The lowest BCUT2D eigenvalue weighted by molar-refractivity contribution is 0.209. The number of rotatable bonds is 5. The summed E-state index contributed by atoms with van der Waals surface area (Å²) in [5.41, 5.74) is 6.07. The molecule has 0 bridgehead atoms. The van der Waals surface area contributed by atoms with E-state index in [-0.39, 0.29) is 0 Å². The number of hydrogen-bond donors (Lipinski definition) is 1. The molecule has 3 heteroatoms. The van der Waals surface area contributed by atoms with Gasteiger partial charge in [-0.05, 0) is 56.8 Å². The molecule has 1 aliphatic heterocycles. The quantitative estimate of drug-likeness (QED) is 0.888. The summed E-state index contributed by atoms with van der Waals surface area (Å²) in [5.74, 6) is 0.929. The highest BCUT2D eigenvalue weighted by molar-refractivity contribution is 7.12. The van der Waals surface area contributed by atoms with Crippen molar-refractivity contribution in [1.82, 2.24) is 4.90 Å². The average molecular weight is 280 g/mol. The molecule has 2 atom stereocenters. The summed E-state index contributed by atoms with van der Waals surface area (Å²) in [4.78, 5) is 5.57. The minimum Gasteiger partial charge on any atom is -0.329 e. The Morgan fingerprint density at radius 2 is 2.16 bits per heavy atom. The number of aryl methyl sites for hydroxylation is 1. The van der Waals surface area contributed by atoms with Crippen LogP contribution < -0.4 is 5.73 Å². The third-order valence-corrected chi connectivity index (χ3v) is 5.81. The van der Waals surface area contributed by atoms with E-state index in [9.17, 15) is 0 Å². The largest absolute Gasteiger partial charge is 0.329 e. The second-order valence-corrected chi connectivity index (χ2v) is 6.85. The lowest BCUT2D eigenvalue weighted by Crippen LogP contribution is -2.34. The Kier molecular flexibility index (Phi) is 5.86. The molecule has 1 aromatic heterocycles. The van der Waals surface area contributed by atoms with E-state index in [1.165, 1.54) is 48.5 Å². The summed E-state index contributed by atoms with van der Waals surface area (Å²) < 4.78 is 0. The molecule has 0 saturated carbocycles. The fraction of sp³-hybridized carbons (Fsp3) is 0.750. The molecule has 2 heterocycles. The summed E-state index contributed by atoms with van der Waals surface area (Å²) in [6.45, 7) is 7.75. The molecule has 2 N–H and O–H groups in total. The first-order chi connectivity index (χ1) is 9.28. The maximum atomic E-state index is 6.07. The molecule has 108 valence electrons. The molecule has 2 unspecified atom stereocenters. The minimum atomic E-state index is 0.445. The molecule has 0 aromatic carbocycles. The Morgan fingerprint density at radius 1 is 1.32 bits per heavy atom. The molecule has 19 heavy (non-hydrogen) atoms. The number of likely N-dealkylation sites (tertiary alicyclic amines) is 1. The van der Waals surface area contributed by atoms with Gasteiger partial charge in [0.15, 0.2) is 0 Å². The van der Waals surface area contributed by atoms with Crippen LogP contribution in [0.15, 0.2) is 12.1 Å². The summed E-state index contributed by atoms with van der Waals surface area (Å²) in [7, 11) is 0. The number of thiophene rings is 1. The molecule has 1 fully saturated rings. The van der Waals surface area contributed by atoms with Gasteiger partial charge in [-0.25, -0.2) is 0 Å². The molecule has 0 aliphatic carbocycles. The van der Waals surface area contributed by atoms with Crippen molar-refractivity contribution in [2.45, 2.75) is 52.0 Å². The molecule has 1 aromatic rings. The zero-order chi connectivity index (χ0) is 13.7. The molecule has 1 aliphatic rings. The van der Waals surface area contributed by atoms with Gasteiger partial charge in [-0.1, -0.05) is 20.3 Å². The van der Waals surface area contributed by atoms with Crippen LogP contribution in [0.2, 0.25) is 0 Å². The average Bonchev–Trinajstić information content (AvgIpc) is 2.78. The maximum absolute atomic E-state index is 6.07. The first-order valence-electron chi connectivity index (χ1n) is 7.81. The lowest BCUT2D eigenvalue weighted by atomic mass is 9.98. The third-order valence-electron chi connectivity index (χ3n) is 4.48. The van der Waals surface area contributed by atoms with E-state index in [0.717, 1.165) is 18.9 Å². The van der Waals surface area contributed by atoms with Gasteiger partial charge in [-0.2, -0.15) is 0 Å². The van der Waals surface area contributed by atoms with Crippen LogP contribution >= 0.6 is 11.3 Å². The van der Waals surface area contributed by atoms with Crippen molar-refractivity contribution >= 4 is 11.3 Å². The van der Waals surface area contributed by atoms with E-state index in [1.54, 1.807) is 0 Å². The van der Waals surface area contributed by atoms with Gasteiger partial charge in [-0.3, -0.25) is 4.90 Å². The first kappa shape index (κ1) is 15.0. The summed E-state index contributed by atoms with van der Waals surface area (Å²) >= 11 is 1.95. The Hall–Kier alpha value is -0.380. The Bertz CT molecular complexity index is 375. The molecule has 0 spiro atoms. The van der Waals surface area contributed by atoms with Gasteiger partial charge < -0.3 is 5.73 Å². The van der Waals surface area contributed by atoms with Crippen molar-refractivity contribution in [2.24, 2.45) is 11.7 Å². The van der Waals surface area contributed by atoms with Gasteiger partial charge in [0.25, 0.3) is 0 Å². The van der Waals surface area contributed by atoms with E-state index in [4.69, 9.17) is 5.73 Å². The highest BCUT2D eigenvalue weighted by Crippen LogP contribution is 2.30. The van der Waals surface area contributed by atoms with Crippen molar-refractivity contribution < 1.29 is 0 Å². The third kappa shape index (κ3) is 3.80. The molecule has 0 amide bonds. The standard InChI is InChI=1S/C16H28N2S/c1-3-13-6-5-10-18(11-9-13)15(12-17)16-8-7-14(4-2)19-16/h7-8,13,15H,3-6,9-12,17H2,1-2H3. The second kappa shape index (κ2) is 7.41. The summed E-state index contributed by atoms with van der Waals surface area (Å²) in [6, 6.07) is 5.01. The monoisotopic (exact) mass is 280 g/mol. The zero-order valence-corrected chi connectivity index (χ0v) is 13.2. The molecular formula is C16H28N2S. The predicted molar refractivity (Wildman–Crippen MR) is 84.7 cm³/mol. The van der Waals surface area contributed by atoms with Crippen molar-refractivity contribution in [3.63, 3.8) is 0 Å². The van der Waals surface area contributed by atoms with Crippen LogP contribution in [0.4, 0.5) is 0 Å². The van der Waals surface area contributed by atoms with Gasteiger partial charge in [0, 0.05) is 16.3 Å². The zero-order valence-electron chi connectivity index (χ0n) is 12.4. The summed E-state index contributed by atoms with van der Waals surface area (Å²) in [6.07, 6.45) is 6.55. The van der Waals surface area contributed by atoms with Crippen molar-refractivity contribution in [2.75, 3.05) is 19.6 Å². The Labute approximate surface area is 122 Å². The molecule has 1 saturated heterocycles. The van der Waals surface area contributed by atoms with E-state index in [2.05, 4.69) is 30.9 Å². The van der Waals surface area contributed by atoms with Crippen LogP contribution in [0.5, 0.6) is 0 Å². The van der Waals surface area contributed by atoms with Crippen LogP contribution in [0, 0.1) is 5.92 Å². The van der Waals surface area contributed by atoms with Crippen LogP contribution in [-0.4, -0.2) is 24.5 Å². The molecular weight excluding hydrogens is 252 g/mol. The first-order valence-corrected chi connectivity index (χ1v) is 8.62. The highest BCUT2D eigenvalue weighted by atomic mass is 32.1. The number of nitrogens with two attached hydrogens (primary N) is 1. The fourth-order valence-electron chi connectivity index (χ4n) is 3.12. The topological polar surface area (TPSA) is 29.3 Å². The van der Waals surface area contributed by atoms with Crippen molar-refractivity contribution in [3.05, 3.63) is 21.9 Å². The van der Waals surface area contributed by atoms with Gasteiger partial charge in [0.05, 0.1) is 6.04 Å². The number of nitrogens with zero attached hydrogens (tertiary/aromatic N) is 1. The Morgan fingerprint density at radius 3 is 2.79 bits per heavy atom. The van der Waals surface area contributed by atoms with Gasteiger partial charge in [0.1, 0.15) is 0 Å². The van der Waals surface area contributed by atoms with E-state index >= 15 is 0 Å². The molecule has 2 nitrogen and oxygen atoms in total. The highest BCUT2D eigenvalue weighted by Gasteiger charge is 2.23. The Balaban J connectivity index is 2.04. The van der Waals surface area contributed by atoms with Gasteiger partial charge >= 0.3 is 0 Å². The lowest BCUT2D eigenvalue weighted by Gasteiger charge is -2.29. The van der Waals surface area contributed by atoms with Gasteiger partial charge in [-0.15, -0.1) is 11.3 Å². The van der Waals surface area contributed by atoms with Crippen LogP contribution in [0.1, 0.15) is 55.3 Å². The van der Waals surface area contributed by atoms with E-state index < -0.39 is 0 Å². The predicted octanol–water partition coefficient (Wildman–Crippen LogP) is 3.82. The molecule has 0 radical (unpaired) electrons. The normalized spacial score (nSPS) is 23.2. The van der Waals surface area contributed by atoms with Crippen molar-refractivity contribution in [1.29, 1.82) is 0 Å². The van der Waals surface area contributed by atoms with E-state index in [1.807, 2.05) is 11.3 Å². The smallest absolute Gasteiger partial charge is 0.0564 e. The number of hydrogen-bond acceptors (Lipinski definition) is 3. The minimum absolute atomic E-state index is 0.445.